The van der Waals surface area contributed by atoms with Crippen LogP contribution in [0.15, 0.2) is 30.3 Å². The lowest BCUT2D eigenvalue weighted by Gasteiger charge is -2.50. The van der Waals surface area contributed by atoms with Crippen molar-refractivity contribution in [2.75, 3.05) is 27.1 Å². The molecule has 0 aromatic heterocycles. The molecule has 148 valence electrons. The number of ether oxygens (including phenoxy) is 5. The van der Waals surface area contributed by atoms with Crippen LogP contribution in [-0.2, 0) is 38.0 Å². The number of nitriles is 1. The molecule has 2 saturated heterocycles. The van der Waals surface area contributed by atoms with Gasteiger partial charge >= 0.3 is 0 Å². The van der Waals surface area contributed by atoms with Crippen LogP contribution in [0.25, 0.3) is 0 Å². The van der Waals surface area contributed by atoms with E-state index in [-0.39, 0.29) is 6.61 Å². The normalized spacial score (nSPS) is 36.6. The summed E-state index contributed by atoms with van der Waals surface area (Å²) in [5.74, 6) is 0. The molecule has 2 heterocycles. The zero-order valence-corrected chi connectivity index (χ0v) is 15.9. The van der Waals surface area contributed by atoms with Gasteiger partial charge in [0.25, 0.3) is 15.7 Å². The molecule has 2 aliphatic rings. The fourth-order valence-electron chi connectivity index (χ4n) is 3.36. The Hall–Kier alpha value is -1.58. The van der Waals surface area contributed by atoms with Gasteiger partial charge in [-0.25, -0.2) is 4.18 Å². The van der Waals surface area contributed by atoms with Crippen LogP contribution in [0.2, 0.25) is 0 Å². The molecule has 2 aliphatic heterocycles. The number of rotatable bonds is 5. The minimum atomic E-state index is -4.03. The molecule has 0 spiro atoms. The highest BCUT2D eigenvalue weighted by Crippen LogP contribution is 2.41. The maximum Gasteiger partial charge on any atom is 0.266 e. The average Bonchev–Trinajstić information content (AvgIpc) is 2.66. The van der Waals surface area contributed by atoms with Crippen molar-refractivity contribution >= 4 is 10.1 Å². The lowest BCUT2D eigenvalue weighted by atomic mass is 9.87. The number of fused-ring (bicyclic) bond motifs is 1. The van der Waals surface area contributed by atoms with E-state index in [0.29, 0.717) is 0 Å². The second-order valence-electron chi connectivity index (χ2n) is 6.27. The van der Waals surface area contributed by atoms with Gasteiger partial charge in [-0.05, 0) is 0 Å². The number of methoxy groups -OCH3 is 2. The summed E-state index contributed by atoms with van der Waals surface area (Å²) in [5.41, 5.74) is -1.30. The molecular weight excluding hydrogens is 378 g/mol. The quantitative estimate of drug-likeness (QED) is 0.661. The fourth-order valence-corrected chi connectivity index (χ4v) is 4.08. The van der Waals surface area contributed by atoms with Gasteiger partial charge in [0.1, 0.15) is 24.4 Å². The minimum absolute atomic E-state index is 0.143. The van der Waals surface area contributed by atoms with Crippen LogP contribution in [0, 0.1) is 11.3 Å². The zero-order valence-electron chi connectivity index (χ0n) is 15.1. The van der Waals surface area contributed by atoms with Crippen molar-refractivity contribution in [3.63, 3.8) is 0 Å². The fraction of sp³-hybridized carbons (Fsp3) is 0.588. The second-order valence-corrected chi connectivity index (χ2v) is 7.84. The van der Waals surface area contributed by atoms with E-state index in [0.717, 1.165) is 11.8 Å². The number of hydrogen-bond donors (Lipinski definition) is 0. The Morgan fingerprint density at radius 2 is 1.89 bits per heavy atom. The van der Waals surface area contributed by atoms with Crippen LogP contribution in [0.1, 0.15) is 11.9 Å². The topological polar surface area (TPSA) is 113 Å². The van der Waals surface area contributed by atoms with E-state index < -0.39 is 46.6 Å². The van der Waals surface area contributed by atoms with Gasteiger partial charge in [-0.2, -0.15) is 13.7 Å². The Kier molecular flexibility index (Phi) is 5.83. The molecule has 6 atom stereocenters. The summed E-state index contributed by atoms with van der Waals surface area (Å²) in [7, 11) is -1.41. The zero-order chi connectivity index (χ0) is 19.7. The highest BCUT2D eigenvalue weighted by Gasteiger charge is 2.63. The van der Waals surface area contributed by atoms with Gasteiger partial charge in [-0.3, -0.25) is 0 Å². The van der Waals surface area contributed by atoms with E-state index in [1.165, 1.54) is 14.2 Å². The molecule has 3 rings (SSSR count). The molecule has 0 aliphatic carbocycles. The van der Waals surface area contributed by atoms with Crippen LogP contribution < -0.4 is 0 Å². The molecule has 0 N–H and O–H groups in total. The third kappa shape index (κ3) is 3.86. The smallest absolute Gasteiger partial charge is 0.266 e. The Labute approximate surface area is 157 Å². The van der Waals surface area contributed by atoms with Gasteiger partial charge in [0.2, 0.25) is 6.29 Å². The molecule has 0 amide bonds. The summed E-state index contributed by atoms with van der Waals surface area (Å²) >= 11 is 0. The molecule has 2 fully saturated rings. The van der Waals surface area contributed by atoms with Gasteiger partial charge in [0.15, 0.2) is 6.29 Å². The second kappa shape index (κ2) is 7.81. The van der Waals surface area contributed by atoms with Crippen molar-refractivity contribution in [3.8, 4) is 6.07 Å². The Morgan fingerprint density at radius 1 is 1.19 bits per heavy atom. The van der Waals surface area contributed by atoms with Crippen molar-refractivity contribution in [2.45, 2.75) is 36.5 Å². The molecule has 27 heavy (non-hydrogen) atoms. The first kappa shape index (κ1) is 20.2. The van der Waals surface area contributed by atoms with E-state index in [1.807, 2.05) is 36.4 Å². The molecule has 0 bridgehead atoms. The lowest BCUT2D eigenvalue weighted by molar-refractivity contribution is -0.370. The van der Waals surface area contributed by atoms with Crippen molar-refractivity contribution in [3.05, 3.63) is 35.9 Å². The predicted octanol–water partition coefficient (Wildman–Crippen LogP) is 0.725. The molecular formula is C17H21NO8S. The predicted molar refractivity (Wildman–Crippen MR) is 90.7 cm³/mol. The SMILES string of the molecule is CO[C@H]1OC2CO[C@@H](c3ccccc3)OC2[C@@H](OC)C1(C#N)OS(C)(=O)=O. The lowest BCUT2D eigenvalue weighted by Crippen LogP contribution is -2.70. The van der Waals surface area contributed by atoms with E-state index in [2.05, 4.69) is 0 Å². The molecule has 0 saturated carbocycles. The summed E-state index contributed by atoms with van der Waals surface area (Å²) < 4.78 is 56.9. The van der Waals surface area contributed by atoms with Gasteiger partial charge in [0.05, 0.1) is 12.9 Å². The van der Waals surface area contributed by atoms with E-state index in [1.54, 1.807) is 0 Å². The number of hydrogen-bond acceptors (Lipinski definition) is 9. The molecule has 1 aromatic rings. The Morgan fingerprint density at radius 3 is 2.44 bits per heavy atom. The van der Waals surface area contributed by atoms with E-state index >= 15 is 0 Å². The average molecular weight is 399 g/mol. The number of nitrogens with zero attached hydrogens (tertiary/aromatic N) is 1. The third-order valence-electron chi connectivity index (χ3n) is 4.43. The first-order valence-electron chi connectivity index (χ1n) is 8.19. The summed E-state index contributed by atoms with van der Waals surface area (Å²) in [6.07, 6.45) is -3.75. The monoisotopic (exact) mass is 399 g/mol. The van der Waals surface area contributed by atoms with Crippen molar-refractivity contribution in [2.24, 2.45) is 0 Å². The summed E-state index contributed by atoms with van der Waals surface area (Å²) in [4.78, 5) is 0. The van der Waals surface area contributed by atoms with Crippen LogP contribution in [-0.4, -0.2) is 65.7 Å². The van der Waals surface area contributed by atoms with Gasteiger partial charge in [-0.15, -0.1) is 0 Å². The van der Waals surface area contributed by atoms with Crippen LogP contribution >= 0.6 is 0 Å². The summed E-state index contributed by atoms with van der Waals surface area (Å²) in [6.45, 7) is 0.143. The molecule has 10 heteroatoms. The first-order chi connectivity index (χ1) is 12.8. The largest absolute Gasteiger partial charge is 0.374 e. The minimum Gasteiger partial charge on any atom is -0.374 e. The van der Waals surface area contributed by atoms with Gasteiger partial charge in [0, 0.05) is 19.8 Å². The highest BCUT2D eigenvalue weighted by molar-refractivity contribution is 7.86. The first-order valence-corrected chi connectivity index (χ1v) is 10.0. The molecule has 9 nitrogen and oxygen atoms in total. The van der Waals surface area contributed by atoms with Crippen molar-refractivity contribution in [1.82, 2.24) is 0 Å². The molecule has 3 unspecified atom stereocenters. The van der Waals surface area contributed by atoms with Crippen molar-refractivity contribution < 1.29 is 36.3 Å². The van der Waals surface area contributed by atoms with Crippen LogP contribution in [0.5, 0.6) is 0 Å². The summed E-state index contributed by atoms with van der Waals surface area (Å²) in [6, 6.07) is 11.1. The van der Waals surface area contributed by atoms with Crippen LogP contribution in [0.4, 0.5) is 0 Å². The third-order valence-corrected chi connectivity index (χ3v) is 5.01. The van der Waals surface area contributed by atoms with Crippen molar-refractivity contribution in [1.29, 1.82) is 5.26 Å². The molecule has 1 aromatic carbocycles. The highest BCUT2D eigenvalue weighted by atomic mass is 32.2. The number of benzene rings is 1. The summed E-state index contributed by atoms with van der Waals surface area (Å²) in [5, 5.41) is 9.81. The van der Waals surface area contributed by atoms with Gasteiger partial charge in [-0.1, -0.05) is 30.3 Å². The van der Waals surface area contributed by atoms with Crippen LogP contribution in [0.3, 0.4) is 0 Å². The maximum absolute atomic E-state index is 11.8. The van der Waals surface area contributed by atoms with E-state index in [4.69, 9.17) is 27.9 Å². The Balaban J connectivity index is 1.96. The Bertz CT molecular complexity index is 795. The maximum atomic E-state index is 11.8. The van der Waals surface area contributed by atoms with E-state index in [9.17, 15) is 13.7 Å². The standard InChI is InChI=1S/C17H21NO8S/c1-21-14-13-12(9-23-15(25-13)11-7-5-4-6-8-11)24-16(22-2)17(14,10-18)26-27(3,19)20/h4-8,12-16H,9H2,1-3H3/t12?,13?,14-,15-,16+,17?/m1/s1. The molecule has 0 radical (unpaired) electrons. The van der Waals surface area contributed by atoms with Gasteiger partial charge < -0.3 is 23.7 Å².